The minimum absolute atomic E-state index is 0.0455. The van der Waals surface area contributed by atoms with Crippen molar-refractivity contribution in [2.75, 3.05) is 24.5 Å². The zero-order valence-electron chi connectivity index (χ0n) is 14.6. The molecule has 2 N–H and O–H groups in total. The lowest BCUT2D eigenvalue weighted by molar-refractivity contribution is -0.122. The van der Waals surface area contributed by atoms with Crippen molar-refractivity contribution >= 4 is 29.1 Å². The van der Waals surface area contributed by atoms with Crippen LogP contribution in [0.3, 0.4) is 0 Å². The van der Waals surface area contributed by atoms with Crippen molar-refractivity contribution in [2.24, 2.45) is 0 Å². The van der Waals surface area contributed by atoms with E-state index in [9.17, 15) is 9.59 Å². The topological polar surface area (TPSA) is 87.2 Å². The van der Waals surface area contributed by atoms with Crippen LogP contribution in [0.5, 0.6) is 0 Å². The van der Waals surface area contributed by atoms with Crippen molar-refractivity contribution in [1.82, 2.24) is 20.6 Å². The molecular formula is C18H23N5O2S. The third-order valence-corrected chi connectivity index (χ3v) is 5.03. The summed E-state index contributed by atoms with van der Waals surface area (Å²) < 4.78 is 0. The Morgan fingerprint density at radius 1 is 1.23 bits per heavy atom. The molecule has 0 aliphatic carbocycles. The molecule has 2 aromatic heterocycles. The summed E-state index contributed by atoms with van der Waals surface area (Å²) in [4.78, 5) is 34.5. The number of piperidine rings is 1. The van der Waals surface area contributed by atoms with E-state index >= 15 is 0 Å². The largest absolute Gasteiger partial charge is 0.353 e. The van der Waals surface area contributed by atoms with E-state index in [0.29, 0.717) is 24.9 Å². The zero-order chi connectivity index (χ0) is 18.2. The van der Waals surface area contributed by atoms with Gasteiger partial charge in [-0.2, -0.15) is 11.3 Å². The molecule has 0 atom stereocenters. The van der Waals surface area contributed by atoms with Gasteiger partial charge in [0.2, 0.25) is 11.9 Å². The number of nitrogens with zero attached hydrogens (tertiary/aromatic N) is 3. The van der Waals surface area contributed by atoms with Crippen molar-refractivity contribution in [3.8, 4) is 0 Å². The third-order valence-electron chi connectivity index (χ3n) is 4.34. The minimum atomic E-state index is -0.0813. The number of rotatable bonds is 7. The van der Waals surface area contributed by atoms with Crippen LogP contribution in [0.25, 0.3) is 0 Å². The molecule has 0 bridgehead atoms. The summed E-state index contributed by atoms with van der Waals surface area (Å²) >= 11 is 1.49. The first-order valence-electron chi connectivity index (χ1n) is 8.84. The van der Waals surface area contributed by atoms with Gasteiger partial charge in [-0.15, -0.1) is 0 Å². The molecule has 138 valence electrons. The summed E-state index contributed by atoms with van der Waals surface area (Å²) in [7, 11) is 0. The monoisotopic (exact) mass is 373 g/mol. The zero-order valence-corrected chi connectivity index (χ0v) is 15.4. The first kappa shape index (κ1) is 18.3. The Labute approximate surface area is 156 Å². The second kappa shape index (κ2) is 9.28. The Bertz CT molecular complexity index is 700. The molecule has 1 saturated heterocycles. The normalized spacial score (nSPS) is 14.8. The van der Waals surface area contributed by atoms with Gasteiger partial charge in [-0.1, -0.05) is 0 Å². The van der Waals surface area contributed by atoms with Crippen LogP contribution in [-0.4, -0.2) is 47.5 Å². The summed E-state index contributed by atoms with van der Waals surface area (Å²) in [5.41, 5.74) is 0.675. The van der Waals surface area contributed by atoms with Gasteiger partial charge in [0.15, 0.2) is 0 Å². The summed E-state index contributed by atoms with van der Waals surface area (Å²) in [5.74, 6) is 0.713. The molecule has 1 aliphatic rings. The van der Waals surface area contributed by atoms with Crippen LogP contribution in [0.2, 0.25) is 0 Å². The molecule has 0 radical (unpaired) electrons. The van der Waals surface area contributed by atoms with Crippen molar-refractivity contribution in [3.05, 3.63) is 40.8 Å². The van der Waals surface area contributed by atoms with E-state index in [1.807, 2.05) is 10.8 Å². The number of carbonyl (C=O) groups excluding carboxylic acids is 2. The Morgan fingerprint density at radius 2 is 2.00 bits per heavy atom. The van der Waals surface area contributed by atoms with Gasteiger partial charge in [-0.05, 0) is 36.8 Å². The average Bonchev–Trinajstić information content (AvgIpc) is 3.21. The van der Waals surface area contributed by atoms with E-state index in [1.54, 1.807) is 24.5 Å². The predicted molar refractivity (Wildman–Crippen MR) is 101 cm³/mol. The highest BCUT2D eigenvalue weighted by molar-refractivity contribution is 7.08. The lowest BCUT2D eigenvalue weighted by Crippen LogP contribution is -2.45. The number of thiophene rings is 1. The van der Waals surface area contributed by atoms with Crippen LogP contribution in [0.15, 0.2) is 35.3 Å². The first-order valence-corrected chi connectivity index (χ1v) is 9.78. The van der Waals surface area contributed by atoms with Gasteiger partial charge in [-0.25, -0.2) is 9.97 Å². The SMILES string of the molecule is O=C(CCCNC(=O)c1ccsc1)NC1CCN(c2ncccn2)CC1. The Kier molecular flexibility index (Phi) is 6.54. The molecule has 1 aliphatic heterocycles. The van der Waals surface area contributed by atoms with Crippen LogP contribution in [-0.2, 0) is 4.79 Å². The summed E-state index contributed by atoms with van der Waals surface area (Å²) in [6, 6.07) is 3.79. The summed E-state index contributed by atoms with van der Waals surface area (Å²) in [6.07, 6.45) is 6.32. The average molecular weight is 373 g/mol. The number of hydrogen-bond acceptors (Lipinski definition) is 6. The molecule has 0 aromatic carbocycles. The highest BCUT2D eigenvalue weighted by Gasteiger charge is 2.21. The van der Waals surface area contributed by atoms with Crippen LogP contribution in [0.4, 0.5) is 5.95 Å². The first-order chi connectivity index (χ1) is 12.7. The standard InChI is InChI=1S/C18H23N5O2S/c24-16(3-1-7-19-17(25)14-6-12-26-13-14)22-15-4-10-23(11-5-15)18-20-8-2-9-21-18/h2,6,8-9,12-13,15H,1,3-5,7,10-11H2,(H,19,25)(H,22,24). The van der Waals surface area contributed by atoms with Gasteiger partial charge in [-0.3, -0.25) is 9.59 Å². The van der Waals surface area contributed by atoms with Crippen molar-refractivity contribution < 1.29 is 9.59 Å². The predicted octanol–water partition coefficient (Wildman–Crippen LogP) is 1.83. The number of anilines is 1. The van der Waals surface area contributed by atoms with Crippen LogP contribution >= 0.6 is 11.3 Å². The van der Waals surface area contributed by atoms with Crippen molar-refractivity contribution in [3.63, 3.8) is 0 Å². The molecule has 3 rings (SSSR count). The Hall–Kier alpha value is -2.48. The number of nitrogens with one attached hydrogen (secondary N) is 2. The van der Waals surface area contributed by atoms with Crippen LogP contribution in [0.1, 0.15) is 36.0 Å². The molecule has 7 nitrogen and oxygen atoms in total. The number of carbonyl (C=O) groups is 2. The van der Waals surface area contributed by atoms with Gasteiger partial charge >= 0.3 is 0 Å². The van der Waals surface area contributed by atoms with Crippen molar-refractivity contribution in [1.29, 1.82) is 0 Å². The van der Waals surface area contributed by atoms with E-state index < -0.39 is 0 Å². The smallest absolute Gasteiger partial charge is 0.252 e. The number of hydrogen-bond donors (Lipinski definition) is 2. The summed E-state index contributed by atoms with van der Waals surface area (Å²) in [5, 5.41) is 9.61. The van der Waals surface area contributed by atoms with Gasteiger partial charge < -0.3 is 15.5 Å². The van der Waals surface area contributed by atoms with E-state index in [4.69, 9.17) is 0 Å². The highest BCUT2D eigenvalue weighted by atomic mass is 32.1. The van der Waals surface area contributed by atoms with E-state index in [1.165, 1.54) is 11.3 Å². The second-order valence-corrected chi connectivity index (χ2v) is 7.03. The third kappa shape index (κ3) is 5.26. The lowest BCUT2D eigenvalue weighted by atomic mass is 10.1. The van der Waals surface area contributed by atoms with Gasteiger partial charge in [0.1, 0.15) is 0 Å². The van der Waals surface area contributed by atoms with Gasteiger partial charge in [0.05, 0.1) is 0 Å². The van der Waals surface area contributed by atoms with Crippen LogP contribution < -0.4 is 15.5 Å². The Balaban J connectivity index is 1.30. The Morgan fingerprint density at radius 3 is 2.69 bits per heavy atom. The quantitative estimate of drug-likeness (QED) is 0.723. The molecule has 0 saturated carbocycles. The second-order valence-electron chi connectivity index (χ2n) is 6.25. The molecule has 2 amide bonds. The molecular weight excluding hydrogens is 350 g/mol. The fourth-order valence-corrected chi connectivity index (χ4v) is 3.56. The number of amides is 2. The van der Waals surface area contributed by atoms with Crippen molar-refractivity contribution in [2.45, 2.75) is 31.7 Å². The lowest BCUT2D eigenvalue weighted by Gasteiger charge is -2.32. The molecule has 8 heteroatoms. The fraction of sp³-hybridized carbons (Fsp3) is 0.444. The van der Waals surface area contributed by atoms with E-state index in [0.717, 1.165) is 31.9 Å². The summed E-state index contributed by atoms with van der Waals surface area (Å²) in [6.45, 7) is 2.18. The van der Waals surface area contributed by atoms with E-state index in [-0.39, 0.29) is 17.9 Å². The minimum Gasteiger partial charge on any atom is -0.353 e. The maximum Gasteiger partial charge on any atom is 0.252 e. The molecule has 0 unspecified atom stereocenters. The molecule has 0 spiro atoms. The number of aromatic nitrogens is 2. The van der Waals surface area contributed by atoms with Gasteiger partial charge in [0, 0.05) is 55.4 Å². The molecule has 1 fully saturated rings. The van der Waals surface area contributed by atoms with Gasteiger partial charge in [0.25, 0.3) is 5.91 Å². The maximum atomic E-state index is 12.1. The highest BCUT2D eigenvalue weighted by Crippen LogP contribution is 2.15. The van der Waals surface area contributed by atoms with Crippen LogP contribution in [0, 0.1) is 0 Å². The maximum absolute atomic E-state index is 12.1. The van der Waals surface area contributed by atoms with E-state index in [2.05, 4.69) is 25.5 Å². The fourth-order valence-electron chi connectivity index (χ4n) is 2.92. The molecule has 3 heterocycles. The molecule has 2 aromatic rings. The molecule has 26 heavy (non-hydrogen) atoms.